The zero-order chi connectivity index (χ0) is 14.7. The van der Waals surface area contributed by atoms with Crippen LogP contribution >= 0.6 is 23.2 Å². The van der Waals surface area contributed by atoms with E-state index < -0.39 is 10.8 Å². The van der Waals surface area contributed by atoms with Crippen LogP contribution in [0.25, 0.3) is 0 Å². The van der Waals surface area contributed by atoms with Crippen molar-refractivity contribution in [3.05, 3.63) is 33.8 Å². The molecule has 1 aliphatic carbocycles. The first kappa shape index (κ1) is 15.8. The molecule has 3 nitrogen and oxygen atoms in total. The van der Waals surface area contributed by atoms with Crippen molar-refractivity contribution in [3.63, 3.8) is 0 Å². The van der Waals surface area contributed by atoms with Crippen molar-refractivity contribution >= 4 is 39.9 Å². The number of hydrogen-bond acceptors (Lipinski definition) is 2. The van der Waals surface area contributed by atoms with Gasteiger partial charge in [-0.15, -0.1) is 0 Å². The summed E-state index contributed by atoms with van der Waals surface area (Å²) < 4.78 is 10.9. The minimum absolute atomic E-state index is 0.000740. The molecule has 0 unspecified atom stereocenters. The maximum absolute atomic E-state index is 12.0. The number of benzene rings is 1. The summed E-state index contributed by atoms with van der Waals surface area (Å²) in [6, 6.07) is 5.40. The Morgan fingerprint density at radius 1 is 1.45 bits per heavy atom. The molecule has 1 amide bonds. The third kappa shape index (κ3) is 4.21. The maximum atomic E-state index is 12.0. The Balaban J connectivity index is 1.82. The third-order valence-corrected chi connectivity index (χ3v) is 4.82. The lowest BCUT2D eigenvalue weighted by Crippen LogP contribution is -2.27. The van der Waals surface area contributed by atoms with E-state index in [-0.39, 0.29) is 17.7 Å². The molecule has 0 radical (unpaired) electrons. The molecule has 20 heavy (non-hydrogen) atoms. The van der Waals surface area contributed by atoms with Crippen molar-refractivity contribution in [1.29, 1.82) is 0 Å². The highest BCUT2D eigenvalue weighted by Gasteiger charge is 2.44. The lowest BCUT2D eigenvalue weighted by Gasteiger charge is -2.06. The van der Waals surface area contributed by atoms with Crippen LogP contribution in [0.2, 0.25) is 10.0 Å². The van der Waals surface area contributed by atoms with E-state index in [0.29, 0.717) is 22.3 Å². The summed E-state index contributed by atoms with van der Waals surface area (Å²) >= 11 is 12.0. The van der Waals surface area contributed by atoms with Crippen LogP contribution in [0, 0.1) is 5.92 Å². The minimum atomic E-state index is -0.799. The molecular formula is C14H17Cl2NO2S. The smallest absolute Gasteiger partial charge is 0.223 e. The normalized spacial score (nSPS) is 22.4. The number of halogens is 2. The Bertz CT molecular complexity index is 536. The summed E-state index contributed by atoms with van der Waals surface area (Å²) in [6.45, 7) is 0.579. The molecule has 0 heterocycles. The topological polar surface area (TPSA) is 46.2 Å². The van der Waals surface area contributed by atoms with Crippen molar-refractivity contribution in [2.24, 2.45) is 5.92 Å². The summed E-state index contributed by atoms with van der Waals surface area (Å²) in [4.78, 5) is 12.0. The fourth-order valence-corrected chi connectivity index (χ4v) is 3.35. The quantitative estimate of drug-likeness (QED) is 0.813. The van der Waals surface area contributed by atoms with E-state index in [0.717, 1.165) is 18.4 Å². The first-order chi connectivity index (χ1) is 9.49. The van der Waals surface area contributed by atoms with E-state index in [4.69, 9.17) is 23.2 Å². The van der Waals surface area contributed by atoms with Gasteiger partial charge in [-0.2, -0.15) is 0 Å². The van der Waals surface area contributed by atoms with Gasteiger partial charge in [0.15, 0.2) is 0 Å². The lowest BCUT2D eigenvalue weighted by molar-refractivity contribution is -0.122. The Kier molecular flexibility index (Phi) is 5.47. The van der Waals surface area contributed by atoms with Gasteiger partial charge in [0.05, 0.1) is 0 Å². The first-order valence-electron chi connectivity index (χ1n) is 6.51. The summed E-state index contributed by atoms with van der Waals surface area (Å²) in [5, 5.41) is 4.12. The Morgan fingerprint density at radius 3 is 2.85 bits per heavy atom. The molecule has 0 bridgehead atoms. The summed E-state index contributed by atoms with van der Waals surface area (Å²) in [5.74, 6) is 0.876. The van der Waals surface area contributed by atoms with Crippen LogP contribution in [0.3, 0.4) is 0 Å². The molecule has 0 aliphatic heterocycles. The molecule has 1 N–H and O–H groups in total. The van der Waals surface area contributed by atoms with Gasteiger partial charge in [-0.1, -0.05) is 29.3 Å². The Hall–Kier alpha value is -0.580. The summed E-state index contributed by atoms with van der Waals surface area (Å²) in [5.41, 5.74) is 0.992. The van der Waals surface area contributed by atoms with Crippen molar-refractivity contribution in [3.8, 4) is 0 Å². The molecule has 1 aromatic carbocycles. The van der Waals surface area contributed by atoms with Crippen LogP contribution in [0.5, 0.6) is 0 Å². The highest BCUT2D eigenvalue weighted by molar-refractivity contribution is 7.84. The average Bonchev–Trinajstić information content (AvgIpc) is 3.14. The van der Waals surface area contributed by atoms with Crippen molar-refractivity contribution < 1.29 is 9.00 Å². The molecule has 0 saturated heterocycles. The molecule has 2 rings (SSSR count). The van der Waals surface area contributed by atoms with E-state index in [1.54, 1.807) is 18.4 Å². The molecular weight excluding hydrogens is 317 g/mol. The molecule has 6 heteroatoms. The SMILES string of the molecule is C[S@](=O)CCCNC(=O)[C@H]1C[C@H]1c1ccc(Cl)cc1Cl. The Labute approximate surface area is 131 Å². The van der Waals surface area contributed by atoms with Crippen LogP contribution < -0.4 is 5.32 Å². The van der Waals surface area contributed by atoms with Gasteiger partial charge < -0.3 is 5.32 Å². The standard InChI is InChI=1S/C14H17Cl2NO2S/c1-20(19)6-2-5-17-14(18)12-8-11(12)10-4-3-9(15)7-13(10)16/h3-4,7,11-12H,2,5-6,8H2,1H3,(H,17,18)/t11-,12-,20-/m0/s1. The lowest BCUT2D eigenvalue weighted by atomic mass is 10.1. The van der Waals surface area contributed by atoms with E-state index in [9.17, 15) is 9.00 Å². The number of rotatable bonds is 6. The zero-order valence-electron chi connectivity index (χ0n) is 11.2. The van der Waals surface area contributed by atoms with Crippen LogP contribution in [0.1, 0.15) is 24.3 Å². The number of carbonyl (C=O) groups is 1. The number of carbonyl (C=O) groups excluding carboxylic acids is 1. The van der Waals surface area contributed by atoms with E-state index in [1.807, 2.05) is 6.07 Å². The third-order valence-electron chi connectivity index (χ3n) is 3.40. The monoisotopic (exact) mass is 333 g/mol. The molecule has 1 aliphatic rings. The molecule has 110 valence electrons. The van der Waals surface area contributed by atoms with Gasteiger partial charge in [-0.25, -0.2) is 0 Å². The molecule has 0 spiro atoms. The zero-order valence-corrected chi connectivity index (χ0v) is 13.5. The van der Waals surface area contributed by atoms with Crippen molar-refractivity contribution in [2.45, 2.75) is 18.8 Å². The van der Waals surface area contributed by atoms with E-state index in [1.165, 1.54) is 0 Å². The Morgan fingerprint density at radius 2 is 2.20 bits per heavy atom. The molecule has 1 saturated carbocycles. The fourth-order valence-electron chi connectivity index (χ4n) is 2.25. The van der Waals surface area contributed by atoms with Gasteiger partial charge in [0.1, 0.15) is 0 Å². The van der Waals surface area contributed by atoms with Gasteiger partial charge in [0.2, 0.25) is 5.91 Å². The highest BCUT2D eigenvalue weighted by atomic mass is 35.5. The number of amides is 1. The van der Waals surface area contributed by atoms with Crippen molar-refractivity contribution in [1.82, 2.24) is 5.32 Å². The summed E-state index contributed by atoms with van der Waals surface area (Å²) in [6.07, 6.45) is 3.24. The first-order valence-corrected chi connectivity index (χ1v) is 9.00. The highest BCUT2D eigenvalue weighted by Crippen LogP contribution is 2.49. The second-order valence-corrected chi connectivity index (χ2v) is 7.43. The number of nitrogens with one attached hydrogen (secondary N) is 1. The van der Waals surface area contributed by atoms with Crippen LogP contribution in [-0.4, -0.2) is 28.7 Å². The van der Waals surface area contributed by atoms with Crippen LogP contribution in [0.15, 0.2) is 18.2 Å². The predicted molar refractivity (Wildman–Crippen MR) is 83.9 cm³/mol. The maximum Gasteiger partial charge on any atom is 0.223 e. The average molecular weight is 334 g/mol. The van der Waals surface area contributed by atoms with Crippen LogP contribution in [-0.2, 0) is 15.6 Å². The molecule has 1 fully saturated rings. The van der Waals surface area contributed by atoms with Gasteiger partial charge in [0, 0.05) is 45.3 Å². The second kappa shape index (κ2) is 6.92. The fraction of sp³-hybridized carbons (Fsp3) is 0.500. The molecule has 0 aromatic heterocycles. The number of hydrogen-bond donors (Lipinski definition) is 1. The van der Waals surface area contributed by atoms with Gasteiger partial charge >= 0.3 is 0 Å². The van der Waals surface area contributed by atoms with Gasteiger partial charge in [-0.05, 0) is 36.5 Å². The summed E-state index contributed by atoms with van der Waals surface area (Å²) in [7, 11) is -0.799. The molecule has 3 atom stereocenters. The van der Waals surface area contributed by atoms with E-state index in [2.05, 4.69) is 5.32 Å². The van der Waals surface area contributed by atoms with E-state index >= 15 is 0 Å². The largest absolute Gasteiger partial charge is 0.356 e. The molecule has 1 aromatic rings. The van der Waals surface area contributed by atoms with Crippen molar-refractivity contribution in [2.75, 3.05) is 18.6 Å². The van der Waals surface area contributed by atoms with Crippen LogP contribution in [0.4, 0.5) is 0 Å². The van der Waals surface area contributed by atoms with Gasteiger partial charge in [-0.3, -0.25) is 9.00 Å². The minimum Gasteiger partial charge on any atom is -0.356 e. The predicted octanol–water partition coefficient (Wildman–Crippen LogP) is 2.98. The van der Waals surface area contributed by atoms with Gasteiger partial charge in [0.25, 0.3) is 0 Å². The second-order valence-electron chi connectivity index (χ2n) is 5.04.